The van der Waals surface area contributed by atoms with Crippen LogP contribution < -0.4 is 14.8 Å². The molecule has 4 aromatic rings. The third kappa shape index (κ3) is 5.78. The Bertz CT molecular complexity index is 1260. The molecule has 1 N–H and O–H groups in total. The number of amides is 1. The van der Waals surface area contributed by atoms with E-state index in [1.54, 1.807) is 44.6 Å². The summed E-state index contributed by atoms with van der Waals surface area (Å²) in [5.41, 5.74) is 3.75. The van der Waals surface area contributed by atoms with Crippen LogP contribution in [-0.2, 0) is 11.2 Å². The molecule has 1 heterocycles. The third-order valence-electron chi connectivity index (χ3n) is 4.87. The number of hydrogen-bond acceptors (Lipinski definition) is 6. The molecule has 0 aliphatic heterocycles. The lowest BCUT2D eigenvalue weighted by Crippen LogP contribution is -2.14. The normalized spacial score (nSPS) is 10.8. The minimum Gasteiger partial charge on any atom is -0.497 e. The molecule has 6 nitrogen and oxygen atoms in total. The molecule has 0 aliphatic carbocycles. The van der Waals surface area contributed by atoms with Gasteiger partial charge in [-0.2, -0.15) is 0 Å². The number of aromatic nitrogens is 2. The molecule has 0 fully saturated rings. The van der Waals surface area contributed by atoms with Gasteiger partial charge in [0.25, 0.3) is 0 Å². The van der Waals surface area contributed by atoms with Gasteiger partial charge < -0.3 is 14.8 Å². The van der Waals surface area contributed by atoms with Crippen LogP contribution >= 0.6 is 11.8 Å². The topological polar surface area (TPSA) is 73.3 Å². The van der Waals surface area contributed by atoms with Crippen LogP contribution in [0.3, 0.4) is 0 Å². The number of fused-ring (bicyclic) bond motifs is 1. The van der Waals surface area contributed by atoms with Gasteiger partial charge in [-0.05, 0) is 29.8 Å². The van der Waals surface area contributed by atoms with Crippen LogP contribution in [0.4, 0.5) is 10.1 Å². The molecule has 0 unspecified atom stereocenters. The Morgan fingerprint density at radius 3 is 2.21 bits per heavy atom. The molecule has 1 aromatic heterocycles. The largest absolute Gasteiger partial charge is 0.497 e. The molecule has 33 heavy (non-hydrogen) atoms. The van der Waals surface area contributed by atoms with Crippen LogP contribution in [0.1, 0.15) is 11.3 Å². The fourth-order valence-electron chi connectivity index (χ4n) is 3.26. The lowest BCUT2D eigenvalue weighted by Gasteiger charge is -2.11. The smallest absolute Gasteiger partial charge is 0.234 e. The summed E-state index contributed by atoms with van der Waals surface area (Å²) in [6, 6.07) is 19.1. The van der Waals surface area contributed by atoms with Crippen molar-refractivity contribution in [3.05, 3.63) is 83.8 Å². The number of nitrogens with one attached hydrogen (secondary N) is 1. The second-order valence-corrected chi connectivity index (χ2v) is 8.17. The number of ether oxygens (including phenoxy) is 2. The van der Waals surface area contributed by atoms with Crippen molar-refractivity contribution in [2.24, 2.45) is 0 Å². The number of anilines is 1. The predicted octanol–water partition coefficient (Wildman–Crippen LogP) is 5.11. The first-order valence-corrected chi connectivity index (χ1v) is 11.2. The molecule has 0 atom stereocenters. The minimum absolute atomic E-state index is 0.142. The van der Waals surface area contributed by atoms with Crippen LogP contribution in [0.15, 0.2) is 71.8 Å². The molecule has 1 amide bonds. The second-order valence-electron chi connectivity index (χ2n) is 7.21. The van der Waals surface area contributed by atoms with E-state index >= 15 is 0 Å². The zero-order valence-corrected chi connectivity index (χ0v) is 19.0. The van der Waals surface area contributed by atoms with Crippen molar-refractivity contribution in [2.75, 3.05) is 25.3 Å². The van der Waals surface area contributed by atoms with Gasteiger partial charge in [-0.1, -0.05) is 36.0 Å². The average molecular weight is 464 g/mol. The Hall–Kier alpha value is -3.65. The van der Waals surface area contributed by atoms with Crippen molar-refractivity contribution < 1.29 is 18.7 Å². The van der Waals surface area contributed by atoms with Crippen molar-refractivity contribution in [3.8, 4) is 11.5 Å². The molecular weight excluding hydrogens is 441 g/mol. The average Bonchev–Trinajstić information content (AvgIpc) is 2.83. The van der Waals surface area contributed by atoms with Gasteiger partial charge >= 0.3 is 0 Å². The van der Waals surface area contributed by atoms with Gasteiger partial charge in [0.2, 0.25) is 5.91 Å². The van der Waals surface area contributed by atoms with Crippen LogP contribution in [0.5, 0.6) is 11.5 Å². The standard InChI is InChI=1S/C25H22FN3O3S/c1-31-19-12-18(13-20(14-19)32-2)27-24(30)15-33-25-23(11-16-7-9-17(26)10-8-16)28-21-5-3-4-6-22(21)29-25/h3-10,12-14H,11,15H2,1-2H3,(H,27,30). The maximum absolute atomic E-state index is 13.3. The van der Waals surface area contributed by atoms with E-state index < -0.39 is 0 Å². The molecular formula is C25H22FN3O3S. The molecule has 0 aliphatic rings. The number of hydrogen-bond donors (Lipinski definition) is 1. The summed E-state index contributed by atoms with van der Waals surface area (Å²) in [5.74, 6) is 0.823. The fourth-order valence-corrected chi connectivity index (χ4v) is 4.04. The summed E-state index contributed by atoms with van der Waals surface area (Å²) >= 11 is 1.31. The first kappa shape index (κ1) is 22.5. The van der Waals surface area contributed by atoms with Crippen LogP contribution in [0.25, 0.3) is 11.0 Å². The summed E-state index contributed by atoms with van der Waals surface area (Å²) in [4.78, 5) is 22.1. The molecule has 4 rings (SSSR count). The highest BCUT2D eigenvalue weighted by Crippen LogP contribution is 2.27. The molecule has 0 spiro atoms. The fraction of sp³-hybridized carbons (Fsp3) is 0.160. The van der Waals surface area contributed by atoms with Gasteiger partial charge in [-0.25, -0.2) is 14.4 Å². The molecule has 168 valence electrons. The van der Waals surface area contributed by atoms with E-state index in [2.05, 4.69) is 5.32 Å². The van der Waals surface area contributed by atoms with Gasteiger partial charge in [0.1, 0.15) is 22.3 Å². The number of benzene rings is 3. The molecule has 8 heteroatoms. The number of halogens is 1. The van der Waals surface area contributed by atoms with Gasteiger partial charge in [0.15, 0.2) is 0 Å². The Balaban J connectivity index is 1.53. The van der Waals surface area contributed by atoms with E-state index in [1.165, 1.54) is 23.9 Å². The van der Waals surface area contributed by atoms with Crippen molar-refractivity contribution in [1.29, 1.82) is 0 Å². The highest BCUT2D eigenvalue weighted by atomic mass is 32.2. The second kappa shape index (κ2) is 10.3. The van der Waals surface area contributed by atoms with Crippen molar-refractivity contribution >= 4 is 34.4 Å². The van der Waals surface area contributed by atoms with Crippen LogP contribution in [0, 0.1) is 5.82 Å². The zero-order valence-electron chi connectivity index (χ0n) is 18.2. The predicted molar refractivity (Wildman–Crippen MR) is 128 cm³/mol. The number of carbonyl (C=O) groups is 1. The van der Waals surface area contributed by atoms with Crippen molar-refractivity contribution in [1.82, 2.24) is 9.97 Å². The Kier molecular flexibility index (Phi) is 7.04. The molecule has 0 saturated carbocycles. The van der Waals surface area contributed by atoms with E-state index in [0.29, 0.717) is 28.6 Å². The van der Waals surface area contributed by atoms with E-state index in [0.717, 1.165) is 22.3 Å². The van der Waals surface area contributed by atoms with Crippen LogP contribution in [0.2, 0.25) is 0 Å². The number of thioether (sulfide) groups is 1. The number of carbonyl (C=O) groups excluding carboxylic acids is 1. The Morgan fingerprint density at radius 1 is 0.939 bits per heavy atom. The van der Waals surface area contributed by atoms with E-state index in [-0.39, 0.29) is 17.5 Å². The van der Waals surface area contributed by atoms with E-state index in [1.807, 2.05) is 24.3 Å². The quantitative estimate of drug-likeness (QED) is 0.366. The third-order valence-corrected chi connectivity index (χ3v) is 5.87. The summed E-state index contributed by atoms with van der Waals surface area (Å²) in [6.07, 6.45) is 0.481. The van der Waals surface area contributed by atoms with Crippen molar-refractivity contribution in [3.63, 3.8) is 0 Å². The first-order valence-electron chi connectivity index (χ1n) is 10.2. The lowest BCUT2D eigenvalue weighted by atomic mass is 10.1. The summed E-state index contributed by atoms with van der Waals surface area (Å²) in [5, 5.41) is 3.53. The molecule has 0 bridgehead atoms. The van der Waals surface area contributed by atoms with Gasteiger partial charge in [-0.3, -0.25) is 4.79 Å². The van der Waals surface area contributed by atoms with E-state index in [4.69, 9.17) is 19.4 Å². The molecule has 3 aromatic carbocycles. The zero-order chi connectivity index (χ0) is 23.2. The lowest BCUT2D eigenvalue weighted by molar-refractivity contribution is -0.113. The summed E-state index contributed by atoms with van der Waals surface area (Å²) < 4.78 is 23.8. The van der Waals surface area contributed by atoms with Gasteiger partial charge in [0.05, 0.1) is 36.7 Å². The first-order chi connectivity index (χ1) is 16.0. The highest BCUT2D eigenvalue weighted by Gasteiger charge is 2.14. The van der Waals surface area contributed by atoms with Crippen molar-refractivity contribution in [2.45, 2.75) is 11.4 Å². The number of para-hydroxylation sites is 2. The van der Waals surface area contributed by atoms with Crippen LogP contribution in [-0.4, -0.2) is 35.8 Å². The molecule has 0 radical (unpaired) electrons. The Morgan fingerprint density at radius 2 is 1.58 bits per heavy atom. The monoisotopic (exact) mass is 463 g/mol. The number of methoxy groups -OCH3 is 2. The summed E-state index contributed by atoms with van der Waals surface area (Å²) in [7, 11) is 3.11. The summed E-state index contributed by atoms with van der Waals surface area (Å²) in [6.45, 7) is 0. The van der Waals surface area contributed by atoms with E-state index in [9.17, 15) is 9.18 Å². The number of nitrogens with zero attached hydrogens (tertiary/aromatic N) is 2. The number of rotatable bonds is 8. The maximum atomic E-state index is 13.3. The van der Waals surface area contributed by atoms with Gasteiger partial charge in [-0.15, -0.1) is 0 Å². The highest BCUT2D eigenvalue weighted by molar-refractivity contribution is 8.00. The Labute approximate surface area is 195 Å². The van der Waals surface area contributed by atoms with Gasteiger partial charge in [0, 0.05) is 30.3 Å². The SMILES string of the molecule is COc1cc(NC(=O)CSc2nc3ccccc3nc2Cc2ccc(F)cc2)cc(OC)c1. The molecule has 0 saturated heterocycles. The maximum Gasteiger partial charge on any atom is 0.234 e. The minimum atomic E-state index is -0.288.